The van der Waals surface area contributed by atoms with Gasteiger partial charge in [0.25, 0.3) is 0 Å². The van der Waals surface area contributed by atoms with Gasteiger partial charge in [-0.05, 0) is 11.3 Å². The molecule has 0 saturated heterocycles. The number of hydrogen-bond acceptors (Lipinski definition) is 1. The number of rotatable bonds is 2. The van der Waals surface area contributed by atoms with Crippen LogP contribution < -0.4 is 0 Å². The molecule has 0 bridgehead atoms. The van der Waals surface area contributed by atoms with Crippen LogP contribution in [-0.4, -0.2) is 11.1 Å². The van der Waals surface area contributed by atoms with Crippen LogP contribution in [0.2, 0.25) is 0 Å². The lowest BCUT2D eigenvalue weighted by Crippen LogP contribution is -2.15. The van der Waals surface area contributed by atoms with Gasteiger partial charge in [-0.15, -0.1) is 0 Å². The van der Waals surface area contributed by atoms with E-state index in [2.05, 4.69) is 20.8 Å². The number of allylic oxidation sites excluding steroid dienone is 1. The van der Waals surface area contributed by atoms with Gasteiger partial charge in [-0.25, -0.2) is 4.79 Å². The molecular formula is C9H16O2. The van der Waals surface area contributed by atoms with Crippen LogP contribution in [-0.2, 0) is 4.79 Å². The van der Waals surface area contributed by atoms with E-state index in [4.69, 9.17) is 5.11 Å². The molecule has 0 aliphatic heterocycles. The maximum absolute atomic E-state index is 10.1. The molecule has 0 aromatic rings. The smallest absolute Gasteiger partial charge is 0.327 e. The summed E-state index contributed by atoms with van der Waals surface area (Å²) in [6, 6.07) is 0. The van der Waals surface area contributed by atoms with E-state index in [0.717, 1.165) is 0 Å². The number of carboxylic acid groups (broad SMARTS) is 1. The third-order valence-electron chi connectivity index (χ3n) is 1.89. The lowest BCUT2D eigenvalue weighted by atomic mass is 9.82. The molecule has 0 radical (unpaired) electrons. The largest absolute Gasteiger partial charge is 0.478 e. The molecule has 64 valence electrons. The Hall–Kier alpha value is -0.790. The molecule has 0 aromatic heterocycles. The van der Waals surface area contributed by atoms with Crippen LogP contribution in [0.3, 0.4) is 0 Å². The summed E-state index contributed by atoms with van der Waals surface area (Å²) in [5.41, 5.74) is 0.145. The summed E-state index contributed by atoms with van der Waals surface area (Å²) in [7, 11) is 0. The van der Waals surface area contributed by atoms with Gasteiger partial charge >= 0.3 is 5.97 Å². The summed E-state index contributed by atoms with van der Waals surface area (Å²) >= 11 is 0. The van der Waals surface area contributed by atoms with Gasteiger partial charge in [-0.3, -0.25) is 0 Å². The zero-order valence-electron chi connectivity index (χ0n) is 7.59. The van der Waals surface area contributed by atoms with Crippen molar-refractivity contribution in [2.45, 2.75) is 27.7 Å². The fraction of sp³-hybridized carbons (Fsp3) is 0.667. The van der Waals surface area contributed by atoms with Gasteiger partial charge in [0, 0.05) is 6.08 Å². The maximum atomic E-state index is 10.1. The second-order valence-corrected chi connectivity index (χ2v) is 3.85. The Labute approximate surface area is 67.9 Å². The molecule has 1 atom stereocenters. The van der Waals surface area contributed by atoms with Crippen LogP contribution in [0.5, 0.6) is 0 Å². The van der Waals surface area contributed by atoms with E-state index in [-0.39, 0.29) is 5.41 Å². The van der Waals surface area contributed by atoms with Gasteiger partial charge < -0.3 is 5.11 Å². The average Bonchev–Trinajstić information content (AvgIpc) is 1.80. The molecule has 11 heavy (non-hydrogen) atoms. The molecule has 2 nitrogen and oxygen atoms in total. The zero-order chi connectivity index (χ0) is 9.07. The predicted molar refractivity (Wildman–Crippen MR) is 45.4 cm³/mol. The summed E-state index contributed by atoms with van der Waals surface area (Å²) in [4.78, 5) is 10.1. The van der Waals surface area contributed by atoms with Crippen molar-refractivity contribution in [3.8, 4) is 0 Å². The standard InChI is InChI=1S/C9H16O2/c1-7(9(2,3)4)5-6-8(10)11/h5-7H,1-4H3,(H,10,11). The summed E-state index contributed by atoms with van der Waals surface area (Å²) in [5, 5.41) is 8.34. The molecule has 0 saturated carbocycles. The van der Waals surface area contributed by atoms with Gasteiger partial charge in [0.05, 0.1) is 0 Å². The monoisotopic (exact) mass is 156 g/mol. The number of aliphatic carboxylic acids is 1. The van der Waals surface area contributed by atoms with Crippen molar-refractivity contribution in [2.24, 2.45) is 11.3 Å². The Morgan fingerprint density at radius 1 is 1.45 bits per heavy atom. The zero-order valence-corrected chi connectivity index (χ0v) is 7.59. The van der Waals surface area contributed by atoms with Gasteiger partial charge in [-0.2, -0.15) is 0 Å². The van der Waals surface area contributed by atoms with E-state index < -0.39 is 5.97 Å². The molecule has 2 heteroatoms. The molecule has 0 aromatic carbocycles. The Balaban J connectivity index is 4.07. The molecule has 0 aliphatic carbocycles. The minimum Gasteiger partial charge on any atom is -0.478 e. The summed E-state index contributed by atoms with van der Waals surface area (Å²) in [6.07, 6.45) is 2.93. The van der Waals surface area contributed by atoms with Crippen LogP contribution in [0, 0.1) is 11.3 Å². The van der Waals surface area contributed by atoms with E-state index in [1.165, 1.54) is 6.08 Å². The molecule has 1 N–H and O–H groups in total. The van der Waals surface area contributed by atoms with E-state index in [9.17, 15) is 4.79 Å². The molecular weight excluding hydrogens is 140 g/mol. The first-order valence-corrected chi connectivity index (χ1v) is 3.75. The molecule has 0 aliphatic rings. The maximum Gasteiger partial charge on any atom is 0.327 e. The van der Waals surface area contributed by atoms with E-state index >= 15 is 0 Å². The molecule has 1 unspecified atom stereocenters. The topological polar surface area (TPSA) is 37.3 Å². The predicted octanol–water partition coefficient (Wildman–Crippen LogP) is 2.31. The molecule has 0 fully saturated rings. The Kier molecular flexibility index (Phi) is 3.30. The fourth-order valence-corrected chi connectivity index (χ4v) is 0.515. The first-order chi connectivity index (χ1) is 4.84. The van der Waals surface area contributed by atoms with Crippen molar-refractivity contribution in [1.82, 2.24) is 0 Å². The molecule has 0 spiro atoms. The van der Waals surface area contributed by atoms with Gasteiger partial charge in [0.1, 0.15) is 0 Å². The van der Waals surface area contributed by atoms with Crippen molar-refractivity contribution in [2.75, 3.05) is 0 Å². The van der Waals surface area contributed by atoms with Gasteiger partial charge in [-0.1, -0.05) is 33.8 Å². The van der Waals surface area contributed by atoms with Crippen molar-refractivity contribution < 1.29 is 9.90 Å². The minimum absolute atomic E-state index is 0.145. The molecule has 0 amide bonds. The lowest BCUT2D eigenvalue weighted by molar-refractivity contribution is -0.131. The highest BCUT2D eigenvalue weighted by atomic mass is 16.4. The molecule has 0 heterocycles. The normalized spacial score (nSPS) is 15.3. The van der Waals surface area contributed by atoms with Crippen LogP contribution in [0.15, 0.2) is 12.2 Å². The second-order valence-electron chi connectivity index (χ2n) is 3.85. The quantitative estimate of drug-likeness (QED) is 0.623. The van der Waals surface area contributed by atoms with E-state index in [1.807, 2.05) is 6.92 Å². The Morgan fingerprint density at radius 3 is 2.18 bits per heavy atom. The van der Waals surface area contributed by atoms with Crippen LogP contribution >= 0.6 is 0 Å². The lowest BCUT2D eigenvalue weighted by Gasteiger charge is -2.23. The minimum atomic E-state index is -0.874. The van der Waals surface area contributed by atoms with Crippen LogP contribution in [0.4, 0.5) is 0 Å². The Morgan fingerprint density at radius 2 is 1.91 bits per heavy atom. The third kappa shape index (κ3) is 4.59. The SMILES string of the molecule is CC(C=CC(=O)O)C(C)(C)C. The molecule has 0 rings (SSSR count). The van der Waals surface area contributed by atoms with Crippen LogP contribution in [0.25, 0.3) is 0 Å². The summed E-state index contributed by atoms with van der Waals surface area (Å²) in [6.45, 7) is 8.27. The fourth-order valence-electron chi connectivity index (χ4n) is 0.515. The highest BCUT2D eigenvalue weighted by molar-refractivity contribution is 5.79. The van der Waals surface area contributed by atoms with Crippen LogP contribution in [0.1, 0.15) is 27.7 Å². The number of carboxylic acids is 1. The Bertz CT molecular complexity index is 163. The summed E-state index contributed by atoms with van der Waals surface area (Å²) < 4.78 is 0. The van der Waals surface area contributed by atoms with Gasteiger partial charge in [0.15, 0.2) is 0 Å². The van der Waals surface area contributed by atoms with Crippen molar-refractivity contribution >= 4 is 5.97 Å². The highest BCUT2D eigenvalue weighted by Gasteiger charge is 2.16. The highest BCUT2D eigenvalue weighted by Crippen LogP contribution is 2.25. The average molecular weight is 156 g/mol. The second kappa shape index (κ2) is 3.56. The number of carbonyl (C=O) groups is 1. The first kappa shape index (κ1) is 10.2. The summed E-state index contributed by atoms with van der Waals surface area (Å²) in [5.74, 6) is -0.584. The van der Waals surface area contributed by atoms with E-state index in [0.29, 0.717) is 5.92 Å². The van der Waals surface area contributed by atoms with Crippen molar-refractivity contribution in [1.29, 1.82) is 0 Å². The van der Waals surface area contributed by atoms with Crippen molar-refractivity contribution in [3.63, 3.8) is 0 Å². The van der Waals surface area contributed by atoms with Crippen molar-refractivity contribution in [3.05, 3.63) is 12.2 Å². The van der Waals surface area contributed by atoms with Gasteiger partial charge in [0.2, 0.25) is 0 Å². The third-order valence-corrected chi connectivity index (χ3v) is 1.89. The first-order valence-electron chi connectivity index (χ1n) is 3.75. The van der Waals surface area contributed by atoms with E-state index in [1.54, 1.807) is 6.08 Å². The number of hydrogen-bond donors (Lipinski definition) is 1.